The second-order valence-electron chi connectivity index (χ2n) is 6.58. The highest BCUT2D eigenvalue weighted by Gasteiger charge is 2.55. The van der Waals surface area contributed by atoms with Gasteiger partial charge in [0.2, 0.25) is 5.91 Å². The van der Waals surface area contributed by atoms with E-state index in [-0.39, 0.29) is 11.8 Å². The van der Waals surface area contributed by atoms with Crippen molar-refractivity contribution in [1.29, 1.82) is 0 Å². The Balaban J connectivity index is 1.64. The van der Waals surface area contributed by atoms with Crippen molar-refractivity contribution < 1.29 is 19.4 Å². The molecule has 1 saturated carbocycles. The Morgan fingerprint density at radius 3 is 2.70 bits per heavy atom. The fourth-order valence-corrected chi connectivity index (χ4v) is 3.99. The van der Waals surface area contributed by atoms with E-state index < -0.39 is 11.4 Å². The van der Waals surface area contributed by atoms with Gasteiger partial charge in [-0.25, -0.2) is 0 Å². The molecule has 2 fully saturated rings. The minimum Gasteiger partial charge on any atom is -0.494 e. The lowest BCUT2D eigenvalue weighted by atomic mass is 9.81. The summed E-state index contributed by atoms with van der Waals surface area (Å²) in [5.41, 5.74) is 0.231. The highest BCUT2D eigenvalue weighted by Crippen LogP contribution is 2.48. The van der Waals surface area contributed by atoms with Crippen LogP contribution >= 0.6 is 0 Å². The highest BCUT2D eigenvalue weighted by molar-refractivity contribution is 5.82. The molecule has 1 aliphatic carbocycles. The Labute approximate surface area is 136 Å². The second-order valence-corrected chi connectivity index (χ2v) is 6.58. The van der Waals surface area contributed by atoms with Crippen LogP contribution < -0.4 is 4.74 Å². The third-order valence-electron chi connectivity index (χ3n) is 5.24. The van der Waals surface area contributed by atoms with E-state index in [1.807, 2.05) is 31.2 Å². The molecule has 1 N–H and O–H groups in total. The van der Waals surface area contributed by atoms with Gasteiger partial charge in [0.05, 0.1) is 18.4 Å². The SMILES string of the molecule is CCOc1ccc(CC(=O)N2C[C@@H]3CCC[C@@]3(C(=O)O)C2)cc1. The van der Waals surface area contributed by atoms with Crippen molar-refractivity contribution in [2.24, 2.45) is 11.3 Å². The van der Waals surface area contributed by atoms with E-state index in [4.69, 9.17) is 4.74 Å². The van der Waals surface area contributed by atoms with Crippen LogP contribution in [0.15, 0.2) is 24.3 Å². The first-order valence-electron chi connectivity index (χ1n) is 8.28. The maximum atomic E-state index is 12.5. The molecule has 2 atom stereocenters. The van der Waals surface area contributed by atoms with Crippen LogP contribution in [0.3, 0.4) is 0 Å². The summed E-state index contributed by atoms with van der Waals surface area (Å²) in [7, 11) is 0. The molecular weight excluding hydrogens is 294 g/mol. The van der Waals surface area contributed by atoms with E-state index in [0.29, 0.717) is 32.5 Å². The number of carboxylic acids is 1. The molecule has 124 valence electrons. The molecule has 5 nitrogen and oxygen atoms in total. The van der Waals surface area contributed by atoms with Gasteiger partial charge in [-0.2, -0.15) is 0 Å². The molecule has 3 rings (SSSR count). The van der Waals surface area contributed by atoms with Gasteiger partial charge >= 0.3 is 5.97 Å². The van der Waals surface area contributed by atoms with E-state index >= 15 is 0 Å². The zero-order chi connectivity index (χ0) is 16.4. The van der Waals surface area contributed by atoms with Gasteiger partial charge in [-0.3, -0.25) is 9.59 Å². The maximum Gasteiger partial charge on any atom is 0.311 e. The molecular formula is C18H23NO4. The lowest BCUT2D eigenvalue weighted by molar-refractivity contribution is -0.149. The van der Waals surface area contributed by atoms with Crippen molar-refractivity contribution in [3.8, 4) is 5.75 Å². The van der Waals surface area contributed by atoms with E-state index in [2.05, 4.69) is 0 Å². The number of carbonyl (C=O) groups is 2. The van der Waals surface area contributed by atoms with Gasteiger partial charge < -0.3 is 14.7 Å². The molecule has 1 aromatic carbocycles. The number of hydrogen-bond donors (Lipinski definition) is 1. The molecule has 1 amide bonds. The number of ether oxygens (including phenoxy) is 1. The summed E-state index contributed by atoms with van der Waals surface area (Å²) in [6.07, 6.45) is 2.88. The molecule has 23 heavy (non-hydrogen) atoms. The van der Waals surface area contributed by atoms with E-state index in [9.17, 15) is 14.7 Å². The van der Waals surface area contributed by atoms with E-state index in [1.54, 1.807) is 4.90 Å². The van der Waals surface area contributed by atoms with Gasteiger partial charge in [0, 0.05) is 13.1 Å². The van der Waals surface area contributed by atoms with Crippen molar-refractivity contribution in [2.75, 3.05) is 19.7 Å². The number of amides is 1. The van der Waals surface area contributed by atoms with Gasteiger partial charge in [0.1, 0.15) is 5.75 Å². The van der Waals surface area contributed by atoms with Gasteiger partial charge in [0.15, 0.2) is 0 Å². The van der Waals surface area contributed by atoms with Crippen molar-refractivity contribution in [1.82, 2.24) is 4.90 Å². The summed E-state index contributed by atoms with van der Waals surface area (Å²) in [5.74, 6) is 0.189. The molecule has 1 aromatic rings. The first-order valence-corrected chi connectivity index (χ1v) is 8.28. The molecule has 5 heteroatoms. The summed E-state index contributed by atoms with van der Waals surface area (Å²) < 4.78 is 5.39. The lowest BCUT2D eigenvalue weighted by Crippen LogP contribution is -2.37. The van der Waals surface area contributed by atoms with Crippen molar-refractivity contribution in [2.45, 2.75) is 32.6 Å². The van der Waals surface area contributed by atoms with Crippen LogP contribution in [0.1, 0.15) is 31.7 Å². The first kappa shape index (κ1) is 15.8. The number of rotatable bonds is 5. The van der Waals surface area contributed by atoms with Crippen LogP contribution in [0.2, 0.25) is 0 Å². The number of hydrogen-bond acceptors (Lipinski definition) is 3. The third-order valence-corrected chi connectivity index (χ3v) is 5.24. The molecule has 2 aliphatic rings. The molecule has 0 bridgehead atoms. The number of carboxylic acid groups (broad SMARTS) is 1. The summed E-state index contributed by atoms with van der Waals surface area (Å²) in [6.45, 7) is 3.50. The second kappa shape index (κ2) is 6.22. The number of benzene rings is 1. The fourth-order valence-electron chi connectivity index (χ4n) is 3.99. The third kappa shape index (κ3) is 2.92. The Kier molecular flexibility index (Phi) is 4.28. The average Bonchev–Trinajstić information content (AvgIpc) is 3.07. The zero-order valence-corrected chi connectivity index (χ0v) is 13.5. The average molecular weight is 317 g/mol. The largest absolute Gasteiger partial charge is 0.494 e. The Bertz CT molecular complexity index is 598. The highest BCUT2D eigenvalue weighted by atomic mass is 16.5. The Hall–Kier alpha value is -2.04. The number of nitrogens with zero attached hydrogens (tertiary/aromatic N) is 1. The van der Waals surface area contributed by atoms with E-state index in [0.717, 1.165) is 24.2 Å². The van der Waals surface area contributed by atoms with E-state index in [1.165, 1.54) is 0 Å². The van der Waals surface area contributed by atoms with Gasteiger partial charge in [0.25, 0.3) is 0 Å². The monoisotopic (exact) mass is 317 g/mol. The van der Waals surface area contributed by atoms with Gasteiger partial charge in [-0.1, -0.05) is 18.6 Å². The molecule has 1 aliphatic heterocycles. The van der Waals surface area contributed by atoms with Crippen LogP contribution in [-0.2, 0) is 16.0 Å². The number of carbonyl (C=O) groups excluding carboxylic acids is 1. The summed E-state index contributed by atoms with van der Waals surface area (Å²) in [5, 5.41) is 9.59. The molecule has 0 spiro atoms. The number of likely N-dealkylation sites (tertiary alicyclic amines) is 1. The van der Waals surface area contributed by atoms with Crippen molar-refractivity contribution >= 4 is 11.9 Å². The molecule has 0 radical (unpaired) electrons. The van der Waals surface area contributed by atoms with Crippen LogP contribution in [0.25, 0.3) is 0 Å². The normalized spacial score (nSPS) is 26.1. The lowest BCUT2D eigenvalue weighted by Gasteiger charge is -2.23. The van der Waals surface area contributed by atoms with Crippen molar-refractivity contribution in [3.05, 3.63) is 29.8 Å². The molecule has 0 aromatic heterocycles. The Morgan fingerprint density at radius 1 is 1.35 bits per heavy atom. The van der Waals surface area contributed by atoms with Crippen LogP contribution in [0.5, 0.6) is 5.75 Å². The smallest absolute Gasteiger partial charge is 0.311 e. The summed E-state index contributed by atoms with van der Waals surface area (Å²) in [6, 6.07) is 7.52. The quantitative estimate of drug-likeness (QED) is 0.905. The Morgan fingerprint density at radius 2 is 2.09 bits per heavy atom. The fraction of sp³-hybridized carbons (Fsp3) is 0.556. The minimum absolute atomic E-state index is 0.0178. The summed E-state index contributed by atoms with van der Waals surface area (Å²) >= 11 is 0. The van der Waals surface area contributed by atoms with Crippen LogP contribution in [0, 0.1) is 11.3 Å². The molecule has 0 unspecified atom stereocenters. The molecule has 1 saturated heterocycles. The maximum absolute atomic E-state index is 12.5. The predicted octanol–water partition coefficient (Wildman–Crippen LogP) is 2.34. The first-order chi connectivity index (χ1) is 11.0. The van der Waals surface area contributed by atoms with Crippen LogP contribution in [-0.4, -0.2) is 41.6 Å². The predicted molar refractivity (Wildman–Crippen MR) is 85.3 cm³/mol. The number of aliphatic carboxylic acids is 1. The van der Waals surface area contributed by atoms with Crippen LogP contribution in [0.4, 0.5) is 0 Å². The standard InChI is InChI=1S/C18H23NO4/c1-2-23-15-7-5-13(6-8-15)10-16(20)19-11-14-4-3-9-18(14,12-19)17(21)22/h5-8,14H,2-4,9-12H2,1H3,(H,21,22)/t14-,18+/m0/s1. The van der Waals surface area contributed by atoms with Gasteiger partial charge in [-0.05, 0) is 43.4 Å². The number of fused-ring (bicyclic) bond motifs is 1. The topological polar surface area (TPSA) is 66.8 Å². The summed E-state index contributed by atoms with van der Waals surface area (Å²) in [4.78, 5) is 25.9. The van der Waals surface area contributed by atoms with Gasteiger partial charge in [-0.15, -0.1) is 0 Å². The minimum atomic E-state index is -0.739. The molecule has 1 heterocycles. The van der Waals surface area contributed by atoms with Crippen molar-refractivity contribution in [3.63, 3.8) is 0 Å². The zero-order valence-electron chi connectivity index (χ0n) is 13.5.